The smallest absolute Gasteiger partial charge is 0.317 e. The van der Waals surface area contributed by atoms with Crippen molar-refractivity contribution in [2.24, 2.45) is 7.05 Å². The fraction of sp³-hybridized carbons (Fsp3) is 0.387. The number of amides is 2. The first kappa shape index (κ1) is 28.4. The number of allylic oxidation sites excluding steroid dienone is 1. The molecule has 0 radical (unpaired) electrons. The quantitative estimate of drug-likeness (QED) is 0.436. The molecule has 1 fully saturated rings. The molecule has 2 atom stereocenters. The van der Waals surface area contributed by atoms with Gasteiger partial charge >= 0.3 is 6.03 Å². The maximum absolute atomic E-state index is 12.8. The van der Waals surface area contributed by atoms with E-state index >= 15 is 0 Å². The molecule has 0 spiro atoms. The zero-order chi connectivity index (χ0) is 28.3. The van der Waals surface area contributed by atoms with Crippen LogP contribution in [-0.2, 0) is 7.05 Å². The van der Waals surface area contributed by atoms with Crippen molar-refractivity contribution < 1.29 is 4.79 Å². The van der Waals surface area contributed by atoms with Gasteiger partial charge in [-0.2, -0.15) is 0 Å². The Balaban J connectivity index is 0.00000172. The molecule has 0 bridgehead atoms. The van der Waals surface area contributed by atoms with Crippen LogP contribution in [0.1, 0.15) is 67.7 Å². The number of halogens is 1. The van der Waals surface area contributed by atoms with Crippen LogP contribution in [0, 0.1) is 12.8 Å². The highest BCUT2D eigenvalue weighted by molar-refractivity contribution is 6.30. The molecule has 3 aromatic rings. The van der Waals surface area contributed by atoms with Gasteiger partial charge in [0.25, 0.3) is 0 Å². The van der Waals surface area contributed by atoms with Crippen molar-refractivity contribution in [2.45, 2.75) is 45.2 Å². The van der Waals surface area contributed by atoms with E-state index in [2.05, 4.69) is 63.8 Å². The number of carbonyl (C=O) groups is 1. The Kier molecular flexibility index (Phi) is 8.48. The number of urea groups is 1. The SMILES string of the molecule is C#C.C[C@H](C1=Cc2cccnc2[C@@H](N2CCN(C(=O)NC(C)(C)C)CC2)c2ccc(Cl)cc21)c1cncn1C. The molecule has 3 heterocycles. The van der Waals surface area contributed by atoms with E-state index in [-0.39, 0.29) is 23.5 Å². The number of hydrogen-bond donors (Lipinski definition) is 1. The predicted molar refractivity (Wildman–Crippen MR) is 158 cm³/mol. The van der Waals surface area contributed by atoms with Crippen LogP contribution in [0.4, 0.5) is 4.79 Å². The fourth-order valence-corrected chi connectivity index (χ4v) is 5.62. The highest BCUT2D eigenvalue weighted by atomic mass is 35.5. The van der Waals surface area contributed by atoms with Gasteiger partial charge in [-0.15, -0.1) is 12.8 Å². The topological polar surface area (TPSA) is 66.3 Å². The number of imidazole rings is 1. The second kappa shape index (κ2) is 11.6. The third-order valence-electron chi connectivity index (χ3n) is 7.27. The van der Waals surface area contributed by atoms with E-state index in [1.54, 1.807) is 0 Å². The van der Waals surface area contributed by atoms with Gasteiger partial charge in [0.2, 0.25) is 0 Å². The van der Waals surface area contributed by atoms with Crippen LogP contribution >= 0.6 is 11.6 Å². The van der Waals surface area contributed by atoms with Gasteiger partial charge in [0.05, 0.1) is 18.1 Å². The summed E-state index contributed by atoms with van der Waals surface area (Å²) in [4.78, 5) is 26.4. The number of aryl methyl sites for hydroxylation is 1. The van der Waals surface area contributed by atoms with E-state index in [1.807, 2.05) is 63.6 Å². The summed E-state index contributed by atoms with van der Waals surface area (Å²) in [5, 5.41) is 3.80. The van der Waals surface area contributed by atoms with E-state index in [0.717, 1.165) is 35.6 Å². The number of benzene rings is 1. The Morgan fingerprint density at radius 3 is 2.51 bits per heavy atom. The van der Waals surface area contributed by atoms with Gasteiger partial charge in [-0.05, 0) is 67.3 Å². The van der Waals surface area contributed by atoms with E-state index in [1.165, 1.54) is 11.1 Å². The van der Waals surface area contributed by atoms with Crippen LogP contribution < -0.4 is 5.32 Å². The lowest BCUT2D eigenvalue weighted by Gasteiger charge is -2.40. The van der Waals surface area contributed by atoms with Crippen LogP contribution in [0.15, 0.2) is 49.1 Å². The largest absolute Gasteiger partial charge is 0.337 e. The first-order valence-electron chi connectivity index (χ1n) is 13.2. The molecule has 7 nitrogen and oxygen atoms in total. The van der Waals surface area contributed by atoms with Gasteiger partial charge in [0.15, 0.2) is 0 Å². The molecule has 1 aliphatic carbocycles. The molecule has 2 aliphatic rings. The first-order valence-corrected chi connectivity index (χ1v) is 13.6. The van der Waals surface area contributed by atoms with Crippen molar-refractivity contribution in [1.29, 1.82) is 0 Å². The minimum atomic E-state index is -0.261. The summed E-state index contributed by atoms with van der Waals surface area (Å²) in [6, 6.07) is 10.3. The number of fused-ring (bicyclic) bond motifs is 2. The average molecular weight is 545 g/mol. The van der Waals surface area contributed by atoms with Crippen molar-refractivity contribution in [3.05, 3.63) is 82.2 Å². The molecular formula is C31H37ClN6O. The predicted octanol–water partition coefficient (Wildman–Crippen LogP) is 5.59. The molecule has 1 aliphatic heterocycles. The Morgan fingerprint density at radius 2 is 1.87 bits per heavy atom. The Labute approximate surface area is 236 Å². The summed E-state index contributed by atoms with van der Waals surface area (Å²) in [5.41, 5.74) is 6.54. The zero-order valence-electron chi connectivity index (χ0n) is 23.4. The molecule has 0 saturated carbocycles. The number of pyridine rings is 1. The standard InChI is InChI=1S/C29H35ClN6O.C2H2/c1-19(25-17-31-18-34(25)5)23-15-20-7-6-10-32-26(20)27(22-9-8-21(30)16-24(22)23)35-11-13-36(14-12-35)28(37)33-29(2,3)4;1-2/h6-10,15-19,27H,11-14H2,1-5H3,(H,33,37);1-2H/t19-,27+;/m1./s1. The maximum atomic E-state index is 12.8. The molecule has 2 aromatic heterocycles. The normalized spacial score (nSPS) is 18.0. The molecular weight excluding hydrogens is 508 g/mol. The number of aromatic nitrogens is 3. The van der Waals surface area contributed by atoms with E-state index in [4.69, 9.17) is 16.6 Å². The minimum Gasteiger partial charge on any atom is -0.337 e. The number of terminal acetylenes is 1. The van der Waals surface area contributed by atoms with Crippen molar-refractivity contribution in [3.8, 4) is 12.8 Å². The number of hydrogen-bond acceptors (Lipinski definition) is 4. The lowest BCUT2D eigenvalue weighted by Crippen LogP contribution is -2.55. The van der Waals surface area contributed by atoms with Crippen molar-refractivity contribution in [2.75, 3.05) is 26.2 Å². The Morgan fingerprint density at radius 1 is 1.15 bits per heavy atom. The molecule has 5 rings (SSSR count). The first-order chi connectivity index (χ1) is 18.6. The fourth-order valence-electron chi connectivity index (χ4n) is 5.44. The monoisotopic (exact) mass is 544 g/mol. The molecule has 1 aromatic carbocycles. The molecule has 0 unspecified atom stereocenters. The summed E-state index contributed by atoms with van der Waals surface area (Å²) in [5.74, 6) is 0.106. The Hall–Kier alpha value is -3.60. The van der Waals surface area contributed by atoms with Crippen molar-refractivity contribution >= 4 is 29.3 Å². The molecule has 204 valence electrons. The maximum Gasteiger partial charge on any atom is 0.317 e. The second-order valence-corrected chi connectivity index (χ2v) is 11.5. The molecule has 39 heavy (non-hydrogen) atoms. The van der Waals surface area contributed by atoms with E-state index in [9.17, 15) is 4.79 Å². The summed E-state index contributed by atoms with van der Waals surface area (Å²) in [7, 11) is 2.03. The van der Waals surface area contributed by atoms with Crippen LogP contribution in [-0.4, -0.2) is 62.1 Å². The van der Waals surface area contributed by atoms with Gasteiger partial charge in [-0.3, -0.25) is 9.88 Å². The Bertz CT molecular complexity index is 1380. The summed E-state index contributed by atoms with van der Waals surface area (Å²) < 4.78 is 2.07. The van der Waals surface area contributed by atoms with Gasteiger partial charge in [0, 0.05) is 67.8 Å². The third-order valence-corrected chi connectivity index (χ3v) is 7.51. The van der Waals surface area contributed by atoms with Crippen LogP contribution in [0.2, 0.25) is 5.02 Å². The minimum absolute atomic E-state index is 0.00678. The van der Waals surface area contributed by atoms with Gasteiger partial charge in [-0.1, -0.05) is 30.7 Å². The van der Waals surface area contributed by atoms with Crippen LogP contribution in [0.25, 0.3) is 11.6 Å². The highest BCUT2D eigenvalue weighted by Crippen LogP contribution is 2.44. The van der Waals surface area contributed by atoms with Gasteiger partial charge in [-0.25, -0.2) is 9.78 Å². The lowest BCUT2D eigenvalue weighted by molar-refractivity contribution is 0.115. The lowest BCUT2D eigenvalue weighted by atomic mass is 9.87. The average Bonchev–Trinajstić information content (AvgIpc) is 3.28. The zero-order valence-corrected chi connectivity index (χ0v) is 24.1. The number of rotatable bonds is 3. The molecule has 1 saturated heterocycles. The van der Waals surface area contributed by atoms with E-state index < -0.39 is 0 Å². The molecule has 1 N–H and O–H groups in total. The van der Waals surface area contributed by atoms with Gasteiger partial charge in [0.1, 0.15) is 0 Å². The summed E-state index contributed by atoms with van der Waals surface area (Å²) in [6.45, 7) is 11.1. The van der Waals surface area contributed by atoms with Crippen molar-refractivity contribution in [3.63, 3.8) is 0 Å². The van der Waals surface area contributed by atoms with Crippen LogP contribution in [0.3, 0.4) is 0 Å². The van der Waals surface area contributed by atoms with Crippen molar-refractivity contribution in [1.82, 2.24) is 29.7 Å². The molecule has 2 amide bonds. The highest BCUT2D eigenvalue weighted by Gasteiger charge is 2.35. The molecule has 8 heteroatoms. The van der Waals surface area contributed by atoms with Crippen LogP contribution in [0.5, 0.6) is 0 Å². The summed E-state index contributed by atoms with van der Waals surface area (Å²) in [6.07, 6.45) is 15.9. The van der Waals surface area contributed by atoms with E-state index in [0.29, 0.717) is 18.1 Å². The number of carbonyl (C=O) groups excluding carboxylic acids is 1. The third kappa shape index (κ3) is 6.03. The second-order valence-electron chi connectivity index (χ2n) is 11.1. The number of nitrogens with zero attached hydrogens (tertiary/aromatic N) is 5. The number of nitrogens with one attached hydrogen (secondary N) is 1. The number of piperazine rings is 1. The summed E-state index contributed by atoms with van der Waals surface area (Å²) >= 11 is 6.58. The van der Waals surface area contributed by atoms with Gasteiger partial charge < -0.3 is 14.8 Å².